The Hall–Kier alpha value is -2.50. The number of hydrogen-bond donors (Lipinski definition) is 3. The number of nitrogens with one attached hydrogen (secondary N) is 1. The fourth-order valence-corrected chi connectivity index (χ4v) is 1.51. The Labute approximate surface area is 103 Å². The minimum Gasteiger partial charge on any atom is -0.491 e. The SMILES string of the molecule is N/C=C\NCc1ccc(-c2cc(O)no2)c(F)c1. The van der Waals surface area contributed by atoms with Gasteiger partial charge in [0.05, 0.1) is 5.56 Å². The molecule has 1 aromatic carbocycles. The quantitative estimate of drug-likeness (QED) is 0.768. The third-order valence-corrected chi connectivity index (χ3v) is 2.32. The first kappa shape index (κ1) is 12.0. The molecular formula is C12H12FN3O2. The molecule has 0 aliphatic carbocycles. The summed E-state index contributed by atoms with van der Waals surface area (Å²) in [5.74, 6) is -0.531. The van der Waals surface area contributed by atoms with E-state index in [1.165, 1.54) is 18.3 Å². The minimum absolute atomic E-state index is 0.186. The fourth-order valence-electron chi connectivity index (χ4n) is 1.51. The van der Waals surface area contributed by atoms with Crippen LogP contribution in [0.1, 0.15) is 5.56 Å². The van der Waals surface area contributed by atoms with Gasteiger partial charge in [-0.1, -0.05) is 6.07 Å². The van der Waals surface area contributed by atoms with Crippen LogP contribution in [0.15, 0.2) is 41.2 Å². The second kappa shape index (κ2) is 5.22. The molecule has 4 N–H and O–H groups in total. The van der Waals surface area contributed by atoms with Crippen LogP contribution < -0.4 is 11.1 Å². The molecule has 2 aromatic rings. The van der Waals surface area contributed by atoms with E-state index in [0.717, 1.165) is 5.56 Å². The Morgan fingerprint density at radius 1 is 1.44 bits per heavy atom. The lowest BCUT2D eigenvalue weighted by Gasteiger charge is -2.04. The predicted molar refractivity (Wildman–Crippen MR) is 63.7 cm³/mol. The topological polar surface area (TPSA) is 84.3 Å². The van der Waals surface area contributed by atoms with Crippen LogP contribution in [-0.4, -0.2) is 10.3 Å². The summed E-state index contributed by atoms with van der Waals surface area (Å²) < 4.78 is 18.6. The van der Waals surface area contributed by atoms with E-state index in [0.29, 0.717) is 6.54 Å². The first-order valence-corrected chi connectivity index (χ1v) is 5.25. The molecule has 0 aliphatic heterocycles. The Bertz CT molecular complexity index is 566. The maximum atomic E-state index is 13.8. The summed E-state index contributed by atoms with van der Waals surface area (Å²) in [5.41, 5.74) is 6.18. The molecular weight excluding hydrogens is 237 g/mol. The maximum Gasteiger partial charge on any atom is 0.252 e. The van der Waals surface area contributed by atoms with Gasteiger partial charge in [-0.3, -0.25) is 0 Å². The van der Waals surface area contributed by atoms with Gasteiger partial charge in [0, 0.05) is 25.0 Å². The summed E-state index contributed by atoms with van der Waals surface area (Å²) in [6.07, 6.45) is 2.93. The van der Waals surface area contributed by atoms with Gasteiger partial charge < -0.3 is 20.7 Å². The van der Waals surface area contributed by atoms with E-state index in [1.807, 2.05) is 0 Å². The minimum atomic E-state index is -0.442. The number of benzene rings is 1. The summed E-state index contributed by atoms with van der Waals surface area (Å²) in [6, 6.07) is 5.95. The first-order valence-electron chi connectivity index (χ1n) is 5.25. The van der Waals surface area contributed by atoms with Crippen molar-refractivity contribution >= 4 is 0 Å². The maximum absolute atomic E-state index is 13.8. The molecule has 0 atom stereocenters. The van der Waals surface area contributed by atoms with Gasteiger partial charge in [-0.15, -0.1) is 0 Å². The zero-order valence-corrected chi connectivity index (χ0v) is 9.43. The van der Waals surface area contributed by atoms with Crippen LogP contribution in [0.3, 0.4) is 0 Å². The summed E-state index contributed by atoms with van der Waals surface area (Å²) in [7, 11) is 0. The van der Waals surface area contributed by atoms with E-state index >= 15 is 0 Å². The van der Waals surface area contributed by atoms with E-state index in [4.69, 9.17) is 15.4 Å². The molecule has 0 aliphatic rings. The van der Waals surface area contributed by atoms with Gasteiger partial charge in [0.2, 0.25) is 0 Å². The number of nitrogens with zero attached hydrogens (tertiary/aromatic N) is 1. The monoisotopic (exact) mass is 249 g/mol. The van der Waals surface area contributed by atoms with E-state index in [2.05, 4.69) is 10.5 Å². The number of rotatable bonds is 4. The van der Waals surface area contributed by atoms with E-state index in [9.17, 15) is 4.39 Å². The van der Waals surface area contributed by atoms with Crippen LogP contribution in [0.2, 0.25) is 0 Å². The van der Waals surface area contributed by atoms with Crippen molar-refractivity contribution in [3.63, 3.8) is 0 Å². The average molecular weight is 249 g/mol. The summed E-state index contributed by atoms with van der Waals surface area (Å²) >= 11 is 0. The molecule has 94 valence electrons. The van der Waals surface area contributed by atoms with Gasteiger partial charge in [0.15, 0.2) is 5.76 Å². The standard InChI is InChI=1S/C12H12FN3O2/c13-10-5-8(7-15-4-3-14)1-2-9(10)11-6-12(17)16-18-11/h1-6,15H,7,14H2,(H,16,17)/b4-3-. The molecule has 0 amide bonds. The molecule has 6 heteroatoms. The van der Waals surface area contributed by atoms with E-state index < -0.39 is 5.82 Å². The molecule has 0 saturated carbocycles. The molecule has 0 radical (unpaired) electrons. The molecule has 0 saturated heterocycles. The van der Waals surface area contributed by atoms with Crippen molar-refractivity contribution in [1.82, 2.24) is 10.5 Å². The van der Waals surface area contributed by atoms with Gasteiger partial charge in [0.25, 0.3) is 5.88 Å². The molecule has 5 nitrogen and oxygen atoms in total. The van der Waals surface area contributed by atoms with Crippen molar-refractivity contribution in [2.75, 3.05) is 0 Å². The number of aromatic nitrogens is 1. The normalized spacial score (nSPS) is 10.9. The van der Waals surface area contributed by atoms with Crippen molar-refractivity contribution in [2.45, 2.75) is 6.54 Å². The molecule has 18 heavy (non-hydrogen) atoms. The highest BCUT2D eigenvalue weighted by Gasteiger charge is 2.11. The second-order valence-corrected chi connectivity index (χ2v) is 3.60. The third-order valence-electron chi connectivity index (χ3n) is 2.32. The smallest absolute Gasteiger partial charge is 0.252 e. The first-order chi connectivity index (χ1) is 8.70. The van der Waals surface area contributed by atoms with Crippen LogP contribution in [0.25, 0.3) is 11.3 Å². The van der Waals surface area contributed by atoms with Crippen LogP contribution >= 0.6 is 0 Å². The van der Waals surface area contributed by atoms with Crippen molar-refractivity contribution in [3.05, 3.63) is 48.0 Å². The fraction of sp³-hybridized carbons (Fsp3) is 0.0833. The van der Waals surface area contributed by atoms with Crippen molar-refractivity contribution < 1.29 is 14.0 Å². The van der Waals surface area contributed by atoms with Gasteiger partial charge in [-0.25, -0.2) is 4.39 Å². The van der Waals surface area contributed by atoms with Gasteiger partial charge in [-0.2, -0.15) is 0 Å². The molecule has 2 rings (SSSR count). The molecule has 0 unspecified atom stereocenters. The lowest BCUT2D eigenvalue weighted by molar-refractivity contribution is 0.364. The Morgan fingerprint density at radius 2 is 2.28 bits per heavy atom. The summed E-state index contributed by atoms with van der Waals surface area (Å²) in [4.78, 5) is 0. The summed E-state index contributed by atoms with van der Waals surface area (Å²) in [6.45, 7) is 0.465. The third kappa shape index (κ3) is 2.60. The zero-order valence-electron chi connectivity index (χ0n) is 9.43. The molecule has 0 bridgehead atoms. The van der Waals surface area contributed by atoms with E-state index in [1.54, 1.807) is 18.3 Å². The van der Waals surface area contributed by atoms with Gasteiger partial charge >= 0.3 is 0 Å². The predicted octanol–water partition coefficient (Wildman–Crippen LogP) is 1.71. The lowest BCUT2D eigenvalue weighted by atomic mass is 10.1. The summed E-state index contributed by atoms with van der Waals surface area (Å²) in [5, 5.41) is 15.2. The van der Waals surface area contributed by atoms with Gasteiger partial charge in [-0.05, 0) is 22.9 Å². The van der Waals surface area contributed by atoms with Crippen LogP contribution in [0.5, 0.6) is 5.88 Å². The average Bonchev–Trinajstić information content (AvgIpc) is 2.76. The molecule has 1 heterocycles. The lowest BCUT2D eigenvalue weighted by Crippen LogP contribution is -2.05. The number of aromatic hydroxyl groups is 1. The van der Waals surface area contributed by atoms with Crippen LogP contribution in [-0.2, 0) is 6.54 Å². The largest absolute Gasteiger partial charge is 0.491 e. The zero-order chi connectivity index (χ0) is 13.0. The van der Waals surface area contributed by atoms with Crippen molar-refractivity contribution in [3.8, 4) is 17.2 Å². The Kier molecular flexibility index (Phi) is 3.47. The van der Waals surface area contributed by atoms with E-state index in [-0.39, 0.29) is 17.2 Å². The number of nitrogens with two attached hydrogens (primary N) is 1. The molecule has 1 aromatic heterocycles. The molecule has 0 spiro atoms. The van der Waals surface area contributed by atoms with Gasteiger partial charge in [0.1, 0.15) is 5.82 Å². The van der Waals surface area contributed by atoms with Crippen LogP contribution in [0, 0.1) is 5.82 Å². The highest BCUT2D eigenvalue weighted by Crippen LogP contribution is 2.26. The van der Waals surface area contributed by atoms with Crippen molar-refractivity contribution in [2.24, 2.45) is 5.73 Å². The number of hydrogen-bond acceptors (Lipinski definition) is 5. The van der Waals surface area contributed by atoms with Crippen LogP contribution in [0.4, 0.5) is 4.39 Å². The highest BCUT2D eigenvalue weighted by molar-refractivity contribution is 5.59. The second-order valence-electron chi connectivity index (χ2n) is 3.60. The Morgan fingerprint density at radius 3 is 2.89 bits per heavy atom. The number of halogens is 1. The molecule has 0 fully saturated rings. The van der Waals surface area contributed by atoms with Crippen molar-refractivity contribution in [1.29, 1.82) is 0 Å². The highest BCUT2D eigenvalue weighted by atomic mass is 19.1. The Balaban J connectivity index is 2.20.